The first-order valence-corrected chi connectivity index (χ1v) is 7.23. The van der Waals surface area contributed by atoms with Crippen LogP contribution in [0.2, 0.25) is 5.02 Å². The lowest BCUT2D eigenvalue weighted by molar-refractivity contribution is -0.142. The molecule has 0 spiro atoms. The zero-order chi connectivity index (χ0) is 15.6. The molecule has 1 atom stereocenters. The molecule has 2 rings (SSSR count). The van der Waals surface area contributed by atoms with Crippen molar-refractivity contribution in [1.29, 1.82) is 0 Å². The third kappa shape index (κ3) is 3.19. The van der Waals surface area contributed by atoms with Gasteiger partial charge in [-0.1, -0.05) is 29.8 Å². The molecule has 6 heteroatoms. The van der Waals surface area contributed by atoms with E-state index in [1.54, 1.807) is 24.3 Å². The molecule has 1 unspecified atom stereocenters. The molecule has 0 bridgehead atoms. The predicted molar refractivity (Wildman–Crippen MR) is 84.2 cm³/mol. The van der Waals surface area contributed by atoms with Crippen molar-refractivity contribution in [2.45, 2.75) is 12.5 Å². The average Bonchev–Trinajstić information content (AvgIpc) is 2.44. The fraction of sp³-hybridized carbons (Fsp3) is 0.133. The first-order valence-electron chi connectivity index (χ1n) is 6.06. The van der Waals surface area contributed by atoms with Gasteiger partial charge in [0, 0.05) is 0 Å². The molecule has 0 saturated carbocycles. The van der Waals surface area contributed by atoms with E-state index in [0.717, 1.165) is 0 Å². The van der Waals surface area contributed by atoms with Crippen LogP contribution in [0.25, 0.3) is 0 Å². The molecule has 0 aliphatic rings. The first kappa shape index (κ1) is 15.8. The van der Waals surface area contributed by atoms with Crippen LogP contribution in [0.15, 0.2) is 46.9 Å². The van der Waals surface area contributed by atoms with Gasteiger partial charge in [0.25, 0.3) is 0 Å². The van der Waals surface area contributed by atoms with E-state index >= 15 is 0 Å². The standard InChI is InChI=1S/C15H12BrClFNO2/c1-15(14(20)21,9-6-7-12(18)10(16)8-9)19-13-5-3-2-4-11(13)17/h2-8,19H,1H3,(H,20,21). The fourth-order valence-electron chi connectivity index (χ4n) is 1.89. The van der Waals surface area contributed by atoms with Crippen LogP contribution in [-0.2, 0) is 10.3 Å². The minimum atomic E-state index is -1.44. The zero-order valence-corrected chi connectivity index (χ0v) is 13.4. The molecule has 0 radical (unpaired) electrons. The summed E-state index contributed by atoms with van der Waals surface area (Å²) < 4.78 is 13.5. The summed E-state index contributed by atoms with van der Waals surface area (Å²) in [7, 11) is 0. The van der Waals surface area contributed by atoms with Crippen LogP contribution < -0.4 is 5.32 Å². The van der Waals surface area contributed by atoms with E-state index in [0.29, 0.717) is 16.3 Å². The number of anilines is 1. The number of hydrogen-bond acceptors (Lipinski definition) is 2. The van der Waals surface area contributed by atoms with Crippen molar-refractivity contribution in [3.05, 3.63) is 63.3 Å². The third-order valence-electron chi connectivity index (χ3n) is 3.18. The number of carboxylic acid groups (broad SMARTS) is 1. The van der Waals surface area contributed by atoms with E-state index in [-0.39, 0.29) is 4.47 Å². The molecule has 0 aliphatic heterocycles. The molecule has 110 valence electrons. The Hall–Kier alpha value is -1.59. The van der Waals surface area contributed by atoms with Gasteiger partial charge in [0.15, 0.2) is 5.54 Å². The second-order valence-corrected chi connectivity index (χ2v) is 5.93. The highest BCUT2D eigenvalue weighted by Crippen LogP contribution is 2.32. The Kier molecular flexibility index (Phi) is 4.54. The van der Waals surface area contributed by atoms with Gasteiger partial charge >= 0.3 is 5.97 Å². The Morgan fingerprint density at radius 1 is 1.33 bits per heavy atom. The van der Waals surface area contributed by atoms with Crippen molar-refractivity contribution in [2.24, 2.45) is 0 Å². The Bertz CT molecular complexity index is 695. The molecule has 0 aromatic heterocycles. The van der Waals surface area contributed by atoms with Gasteiger partial charge < -0.3 is 10.4 Å². The molecule has 2 aromatic rings. The number of benzene rings is 2. The van der Waals surface area contributed by atoms with E-state index in [9.17, 15) is 14.3 Å². The molecule has 0 saturated heterocycles. The second-order valence-electron chi connectivity index (χ2n) is 4.66. The number of hydrogen-bond donors (Lipinski definition) is 2. The van der Waals surface area contributed by atoms with E-state index in [1.165, 1.54) is 25.1 Å². The van der Waals surface area contributed by atoms with Crippen LogP contribution in [0.1, 0.15) is 12.5 Å². The van der Waals surface area contributed by atoms with Crippen LogP contribution in [0.3, 0.4) is 0 Å². The van der Waals surface area contributed by atoms with Crippen molar-refractivity contribution < 1.29 is 14.3 Å². The highest BCUT2D eigenvalue weighted by molar-refractivity contribution is 9.10. The smallest absolute Gasteiger partial charge is 0.333 e. The number of aliphatic carboxylic acids is 1. The predicted octanol–water partition coefficient (Wildman–Crippen LogP) is 4.65. The summed E-state index contributed by atoms with van der Waals surface area (Å²) in [5.74, 6) is -1.55. The molecule has 3 nitrogen and oxygen atoms in total. The van der Waals surface area contributed by atoms with Crippen LogP contribution in [0.4, 0.5) is 10.1 Å². The van der Waals surface area contributed by atoms with E-state index < -0.39 is 17.3 Å². The van der Waals surface area contributed by atoms with Gasteiger partial charge in [0.1, 0.15) is 5.82 Å². The Balaban J connectivity index is 2.48. The van der Waals surface area contributed by atoms with Gasteiger partial charge in [-0.25, -0.2) is 9.18 Å². The minimum absolute atomic E-state index is 0.202. The summed E-state index contributed by atoms with van der Waals surface area (Å²) >= 11 is 9.12. The summed E-state index contributed by atoms with van der Waals surface area (Å²) in [5.41, 5.74) is -0.547. The normalized spacial score (nSPS) is 13.5. The molecular formula is C15H12BrClFNO2. The van der Waals surface area contributed by atoms with Gasteiger partial charge in [-0.2, -0.15) is 0 Å². The lowest BCUT2D eigenvalue weighted by Gasteiger charge is -2.28. The van der Waals surface area contributed by atoms with Crippen molar-refractivity contribution in [3.63, 3.8) is 0 Å². The lowest BCUT2D eigenvalue weighted by Crippen LogP contribution is -2.40. The molecular weight excluding hydrogens is 361 g/mol. The Morgan fingerprint density at radius 2 is 2.00 bits per heavy atom. The number of nitrogens with one attached hydrogen (secondary N) is 1. The lowest BCUT2D eigenvalue weighted by atomic mass is 9.91. The number of halogens is 3. The summed E-state index contributed by atoms with van der Waals surface area (Å²) in [6.45, 7) is 1.50. The highest BCUT2D eigenvalue weighted by Gasteiger charge is 2.36. The largest absolute Gasteiger partial charge is 0.479 e. The Labute approximate surface area is 134 Å². The van der Waals surface area contributed by atoms with Crippen molar-refractivity contribution in [2.75, 3.05) is 5.32 Å². The SMILES string of the molecule is CC(Nc1ccccc1Cl)(C(=O)O)c1ccc(F)c(Br)c1. The first-order chi connectivity index (χ1) is 9.84. The molecule has 2 aromatic carbocycles. The summed E-state index contributed by atoms with van der Waals surface area (Å²) in [6.07, 6.45) is 0. The zero-order valence-electron chi connectivity index (χ0n) is 11.0. The monoisotopic (exact) mass is 371 g/mol. The maximum Gasteiger partial charge on any atom is 0.333 e. The highest BCUT2D eigenvalue weighted by atomic mass is 79.9. The molecule has 0 aliphatic carbocycles. The van der Waals surface area contributed by atoms with Gasteiger partial charge in [0.2, 0.25) is 0 Å². The third-order valence-corrected chi connectivity index (χ3v) is 4.12. The summed E-state index contributed by atoms with van der Waals surface area (Å²) in [4.78, 5) is 11.7. The van der Waals surface area contributed by atoms with Gasteiger partial charge in [-0.05, 0) is 52.7 Å². The minimum Gasteiger partial charge on any atom is -0.479 e. The number of carbonyl (C=O) groups is 1. The number of para-hydroxylation sites is 1. The quantitative estimate of drug-likeness (QED) is 0.821. The van der Waals surface area contributed by atoms with Crippen LogP contribution in [0.5, 0.6) is 0 Å². The second kappa shape index (κ2) is 6.03. The molecule has 0 heterocycles. The van der Waals surface area contributed by atoms with E-state index in [4.69, 9.17) is 11.6 Å². The van der Waals surface area contributed by atoms with Crippen LogP contribution >= 0.6 is 27.5 Å². The van der Waals surface area contributed by atoms with E-state index in [2.05, 4.69) is 21.2 Å². The average molecular weight is 373 g/mol. The summed E-state index contributed by atoms with van der Waals surface area (Å²) in [5, 5.41) is 12.9. The molecule has 0 fully saturated rings. The molecule has 0 amide bonds. The van der Waals surface area contributed by atoms with Gasteiger partial charge in [-0.3, -0.25) is 0 Å². The van der Waals surface area contributed by atoms with E-state index in [1.807, 2.05) is 0 Å². The maximum atomic E-state index is 13.3. The molecule has 21 heavy (non-hydrogen) atoms. The topological polar surface area (TPSA) is 49.3 Å². The van der Waals surface area contributed by atoms with Crippen molar-refractivity contribution >= 4 is 39.2 Å². The number of carboxylic acids is 1. The maximum absolute atomic E-state index is 13.3. The van der Waals surface area contributed by atoms with Crippen molar-refractivity contribution in [1.82, 2.24) is 0 Å². The molecule has 2 N–H and O–H groups in total. The van der Waals surface area contributed by atoms with Crippen molar-refractivity contribution in [3.8, 4) is 0 Å². The fourth-order valence-corrected chi connectivity index (χ4v) is 2.45. The van der Waals surface area contributed by atoms with Gasteiger partial charge in [0.05, 0.1) is 15.2 Å². The summed E-state index contributed by atoms with van der Waals surface area (Å²) in [6, 6.07) is 10.9. The van der Waals surface area contributed by atoms with Gasteiger partial charge in [-0.15, -0.1) is 0 Å². The van der Waals surface area contributed by atoms with Crippen LogP contribution in [-0.4, -0.2) is 11.1 Å². The van der Waals surface area contributed by atoms with Crippen LogP contribution in [0, 0.1) is 5.82 Å². The number of rotatable bonds is 4. The Morgan fingerprint density at radius 3 is 2.57 bits per heavy atom.